The number of thioether (sulfide) groups is 1. The smallest absolute Gasteiger partial charge is 0.269 e. The van der Waals surface area contributed by atoms with Crippen LogP contribution in [0, 0.1) is 20.8 Å². The third kappa shape index (κ3) is 4.08. The molecule has 0 atom stereocenters. The standard InChI is InChI=1S/C24H23N3O3S2/c1-13(2)27-23(29)19(32-24(27)31)12-18-21(30-17-10-14(3)9-15(4)11-17)25-20-16(5)7-6-8-26(20)22(18)28/h6-13H,1-5H3/b19-12+. The fraction of sp³-hybridized carbons (Fsp3) is 0.250. The summed E-state index contributed by atoms with van der Waals surface area (Å²) in [6.45, 7) is 9.64. The molecular weight excluding hydrogens is 442 g/mol. The quantitative estimate of drug-likeness (QED) is 0.398. The lowest BCUT2D eigenvalue weighted by molar-refractivity contribution is -0.123. The maximum atomic E-state index is 13.4. The zero-order chi connectivity index (χ0) is 23.2. The number of aromatic nitrogens is 2. The number of ether oxygens (including phenoxy) is 1. The van der Waals surface area contributed by atoms with E-state index in [1.54, 1.807) is 23.2 Å². The average Bonchev–Trinajstić information content (AvgIpc) is 2.98. The third-order valence-corrected chi connectivity index (χ3v) is 6.40. The van der Waals surface area contributed by atoms with Gasteiger partial charge in [-0.2, -0.15) is 4.98 Å². The lowest BCUT2D eigenvalue weighted by Crippen LogP contribution is -2.34. The molecule has 0 aliphatic carbocycles. The molecule has 0 bridgehead atoms. The number of hydrogen-bond acceptors (Lipinski definition) is 6. The van der Waals surface area contributed by atoms with Gasteiger partial charge in [0.15, 0.2) is 0 Å². The first-order valence-electron chi connectivity index (χ1n) is 10.2. The van der Waals surface area contributed by atoms with Crippen LogP contribution in [-0.4, -0.2) is 30.6 Å². The molecule has 0 spiro atoms. The molecule has 1 fully saturated rings. The second-order valence-electron chi connectivity index (χ2n) is 8.09. The molecule has 1 aliphatic heterocycles. The Morgan fingerprint density at radius 1 is 1.12 bits per heavy atom. The second kappa shape index (κ2) is 8.52. The minimum absolute atomic E-state index is 0.0714. The van der Waals surface area contributed by atoms with Crippen molar-refractivity contribution in [3.05, 3.63) is 74.0 Å². The summed E-state index contributed by atoms with van der Waals surface area (Å²) in [4.78, 5) is 33.0. The lowest BCUT2D eigenvalue weighted by atomic mass is 10.1. The summed E-state index contributed by atoms with van der Waals surface area (Å²) in [6.07, 6.45) is 3.21. The van der Waals surface area contributed by atoms with Crippen LogP contribution in [0.2, 0.25) is 0 Å². The largest absolute Gasteiger partial charge is 0.438 e. The highest BCUT2D eigenvalue weighted by molar-refractivity contribution is 8.26. The SMILES string of the molecule is Cc1cc(C)cc(Oc2nc3c(C)cccn3c(=O)c2/C=C2/SC(=S)N(C(C)C)C2=O)c1. The van der Waals surface area contributed by atoms with Gasteiger partial charge in [0.05, 0.1) is 4.91 Å². The topological polar surface area (TPSA) is 63.9 Å². The Morgan fingerprint density at radius 2 is 1.81 bits per heavy atom. The van der Waals surface area contributed by atoms with Crippen molar-refractivity contribution in [2.24, 2.45) is 0 Å². The number of aryl methyl sites for hydroxylation is 3. The molecule has 0 saturated carbocycles. The second-order valence-corrected chi connectivity index (χ2v) is 9.77. The third-order valence-electron chi connectivity index (χ3n) is 5.07. The summed E-state index contributed by atoms with van der Waals surface area (Å²) in [5.74, 6) is 0.516. The minimum atomic E-state index is -0.312. The Hall–Kier alpha value is -2.97. The van der Waals surface area contributed by atoms with Crippen molar-refractivity contribution in [2.45, 2.75) is 40.7 Å². The Bertz CT molecular complexity index is 1340. The van der Waals surface area contributed by atoms with Crippen molar-refractivity contribution in [3.63, 3.8) is 0 Å². The van der Waals surface area contributed by atoms with Crippen LogP contribution in [0.1, 0.15) is 36.1 Å². The number of thiocarbonyl (C=S) groups is 1. The molecule has 6 nitrogen and oxygen atoms in total. The van der Waals surface area contributed by atoms with Crippen LogP contribution in [0.4, 0.5) is 0 Å². The minimum Gasteiger partial charge on any atom is -0.438 e. The summed E-state index contributed by atoms with van der Waals surface area (Å²) in [7, 11) is 0. The fourth-order valence-electron chi connectivity index (χ4n) is 3.65. The van der Waals surface area contributed by atoms with E-state index in [-0.39, 0.29) is 29.0 Å². The van der Waals surface area contributed by atoms with Gasteiger partial charge in [-0.05, 0) is 75.6 Å². The summed E-state index contributed by atoms with van der Waals surface area (Å²) in [5, 5.41) is 0. The number of amides is 1. The first-order chi connectivity index (χ1) is 15.2. The molecule has 0 unspecified atom stereocenters. The Morgan fingerprint density at radius 3 is 2.44 bits per heavy atom. The monoisotopic (exact) mass is 465 g/mol. The van der Waals surface area contributed by atoms with Gasteiger partial charge in [-0.1, -0.05) is 36.1 Å². The Labute approximate surface area is 195 Å². The van der Waals surface area contributed by atoms with E-state index >= 15 is 0 Å². The van der Waals surface area contributed by atoms with E-state index in [1.165, 1.54) is 16.2 Å². The number of rotatable bonds is 4. The molecule has 3 aromatic rings. The summed E-state index contributed by atoms with van der Waals surface area (Å²) >= 11 is 6.56. The van der Waals surface area contributed by atoms with Crippen molar-refractivity contribution < 1.29 is 9.53 Å². The first kappa shape index (κ1) is 22.2. The molecule has 164 valence electrons. The molecule has 1 amide bonds. The molecule has 1 aliphatic rings. The number of nitrogens with zero attached hydrogens (tertiary/aromatic N) is 3. The van der Waals surface area contributed by atoms with E-state index in [0.717, 1.165) is 16.7 Å². The molecule has 32 heavy (non-hydrogen) atoms. The number of carbonyl (C=O) groups is 1. The van der Waals surface area contributed by atoms with Crippen LogP contribution >= 0.6 is 24.0 Å². The summed E-state index contributed by atoms with van der Waals surface area (Å²) in [6, 6.07) is 9.41. The van der Waals surface area contributed by atoms with Gasteiger partial charge in [0, 0.05) is 12.2 Å². The van der Waals surface area contributed by atoms with Gasteiger partial charge in [0.1, 0.15) is 21.3 Å². The normalized spacial score (nSPS) is 15.4. The van der Waals surface area contributed by atoms with Crippen LogP contribution in [-0.2, 0) is 4.79 Å². The van der Waals surface area contributed by atoms with Gasteiger partial charge in [0.2, 0.25) is 5.88 Å². The lowest BCUT2D eigenvalue weighted by Gasteiger charge is -2.18. The molecule has 0 radical (unpaired) electrons. The number of fused-ring (bicyclic) bond motifs is 1. The van der Waals surface area contributed by atoms with Gasteiger partial charge < -0.3 is 4.74 Å². The Kier molecular flexibility index (Phi) is 5.92. The van der Waals surface area contributed by atoms with E-state index in [0.29, 0.717) is 20.6 Å². The van der Waals surface area contributed by atoms with Gasteiger partial charge >= 0.3 is 0 Å². The van der Waals surface area contributed by atoms with E-state index in [4.69, 9.17) is 17.0 Å². The number of benzene rings is 1. The van der Waals surface area contributed by atoms with Crippen molar-refractivity contribution in [3.8, 4) is 11.6 Å². The van der Waals surface area contributed by atoms with Crippen molar-refractivity contribution in [1.82, 2.24) is 14.3 Å². The van der Waals surface area contributed by atoms with Gasteiger partial charge in [-0.15, -0.1) is 0 Å². The Balaban J connectivity index is 1.92. The van der Waals surface area contributed by atoms with Crippen LogP contribution in [0.25, 0.3) is 11.7 Å². The maximum absolute atomic E-state index is 13.4. The molecule has 1 saturated heterocycles. The van der Waals surface area contributed by atoms with E-state index in [2.05, 4.69) is 4.98 Å². The van der Waals surface area contributed by atoms with Crippen LogP contribution in [0.15, 0.2) is 46.2 Å². The zero-order valence-electron chi connectivity index (χ0n) is 18.5. The molecule has 2 aromatic heterocycles. The zero-order valence-corrected chi connectivity index (χ0v) is 20.1. The van der Waals surface area contributed by atoms with E-state index in [1.807, 2.05) is 58.9 Å². The highest BCUT2D eigenvalue weighted by atomic mass is 32.2. The molecule has 4 rings (SSSR count). The van der Waals surface area contributed by atoms with E-state index in [9.17, 15) is 9.59 Å². The molecule has 1 aromatic carbocycles. The molecule has 0 N–H and O–H groups in total. The summed E-state index contributed by atoms with van der Waals surface area (Å²) in [5.41, 5.74) is 3.31. The van der Waals surface area contributed by atoms with Crippen LogP contribution in [0.5, 0.6) is 11.6 Å². The van der Waals surface area contributed by atoms with Crippen LogP contribution < -0.4 is 10.3 Å². The van der Waals surface area contributed by atoms with Crippen LogP contribution in [0.3, 0.4) is 0 Å². The number of carbonyl (C=O) groups excluding carboxylic acids is 1. The van der Waals surface area contributed by atoms with Crippen molar-refractivity contribution in [1.29, 1.82) is 0 Å². The van der Waals surface area contributed by atoms with Gasteiger partial charge in [0.25, 0.3) is 11.5 Å². The van der Waals surface area contributed by atoms with Gasteiger partial charge in [-0.25, -0.2) is 0 Å². The predicted octanol–water partition coefficient (Wildman–Crippen LogP) is 5.02. The fourth-order valence-corrected chi connectivity index (χ4v) is 5.16. The summed E-state index contributed by atoms with van der Waals surface area (Å²) < 4.78 is 8.07. The molecule has 3 heterocycles. The highest BCUT2D eigenvalue weighted by Crippen LogP contribution is 2.35. The number of pyridine rings is 1. The average molecular weight is 466 g/mol. The van der Waals surface area contributed by atoms with Crippen molar-refractivity contribution in [2.75, 3.05) is 0 Å². The highest BCUT2D eigenvalue weighted by Gasteiger charge is 2.34. The predicted molar refractivity (Wildman–Crippen MR) is 132 cm³/mol. The molecular formula is C24H23N3O3S2. The first-order valence-corrected chi connectivity index (χ1v) is 11.4. The van der Waals surface area contributed by atoms with Gasteiger partial charge in [-0.3, -0.25) is 18.9 Å². The van der Waals surface area contributed by atoms with E-state index < -0.39 is 0 Å². The molecule has 8 heteroatoms. The maximum Gasteiger partial charge on any atom is 0.269 e. The van der Waals surface area contributed by atoms with Crippen molar-refractivity contribution >= 4 is 45.9 Å². The number of hydrogen-bond donors (Lipinski definition) is 0.